The van der Waals surface area contributed by atoms with Crippen molar-refractivity contribution in [3.05, 3.63) is 35.4 Å². The van der Waals surface area contributed by atoms with Crippen molar-refractivity contribution in [3.8, 4) is 0 Å². The van der Waals surface area contributed by atoms with Crippen molar-refractivity contribution in [2.45, 2.75) is 33.2 Å². The summed E-state index contributed by atoms with van der Waals surface area (Å²) in [6, 6.07) is 8.03. The number of carboxylic acids is 1. The monoisotopic (exact) mass is 289 g/mol. The summed E-state index contributed by atoms with van der Waals surface area (Å²) in [7, 11) is 1.76. The fourth-order valence-corrected chi connectivity index (χ4v) is 3.28. The number of hydrogen-bond acceptors (Lipinski definition) is 2. The van der Waals surface area contributed by atoms with Crippen LogP contribution in [0.3, 0.4) is 0 Å². The molecule has 1 saturated carbocycles. The van der Waals surface area contributed by atoms with Gasteiger partial charge in [0, 0.05) is 13.6 Å². The number of aryl methyl sites for hydroxylation is 1. The molecule has 0 radical (unpaired) electrons. The first-order valence-electron chi connectivity index (χ1n) is 7.41. The fraction of sp³-hybridized carbons (Fsp3) is 0.529. The highest BCUT2D eigenvalue weighted by Crippen LogP contribution is 2.37. The van der Waals surface area contributed by atoms with E-state index in [9.17, 15) is 14.7 Å². The molecule has 0 bridgehead atoms. The molecule has 4 nitrogen and oxygen atoms in total. The van der Waals surface area contributed by atoms with Crippen LogP contribution in [0.4, 0.5) is 0 Å². The average Bonchev–Trinajstić information content (AvgIpc) is 2.80. The summed E-state index contributed by atoms with van der Waals surface area (Å²) in [5.41, 5.74) is 2.23. The van der Waals surface area contributed by atoms with Crippen LogP contribution in [-0.2, 0) is 16.1 Å². The molecule has 21 heavy (non-hydrogen) atoms. The minimum Gasteiger partial charge on any atom is -0.481 e. The van der Waals surface area contributed by atoms with Crippen LogP contribution in [0.2, 0.25) is 0 Å². The van der Waals surface area contributed by atoms with Crippen LogP contribution >= 0.6 is 0 Å². The Morgan fingerprint density at radius 2 is 1.95 bits per heavy atom. The van der Waals surface area contributed by atoms with Crippen LogP contribution in [-0.4, -0.2) is 28.9 Å². The second-order valence-electron chi connectivity index (χ2n) is 6.31. The third-order valence-corrected chi connectivity index (χ3v) is 4.31. The Bertz CT molecular complexity index is 541. The summed E-state index contributed by atoms with van der Waals surface area (Å²) in [6.07, 6.45) is 1.28. The molecule has 0 saturated heterocycles. The number of carbonyl (C=O) groups excluding carboxylic acids is 1. The molecular formula is C17H23NO3. The number of rotatable bonds is 4. The number of carboxylic acid groups (broad SMARTS) is 1. The lowest BCUT2D eigenvalue weighted by Crippen LogP contribution is -2.36. The molecule has 3 atom stereocenters. The van der Waals surface area contributed by atoms with Crippen molar-refractivity contribution < 1.29 is 14.7 Å². The molecule has 1 aliphatic rings. The molecule has 0 heterocycles. The summed E-state index contributed by atoms with van der Waals surface area (Å²) in [6.45, 7) is 4.56. The van der Waals surface area contributed by atoms with E-state index in [0.717, 1.165) is 11.1 Å². The number of amides is 1. The number of benzene rings is 1. The summed E-state index contributed by atoms with van der Waals surface area (Å²) in [5.74, 6) is -1.51. The van der Waals surface area contributed by atoms with Crippen LogP contribution in [0.25, 0.3) is 0 Å². The summed E-state index contributed by atoms with van der Waals surface area (Å²) >= 11 is 0. The van der Waals surface area contributed by atoms with Gasteiger partial charge in [-0.1, -0.05) is 36.8 Å². The molecule has 1 N–H and O–H groups in total. The third-order valence-electron chi connectivity index (χ3n) is 4.31. The van der Waals surface area contributed by atoms with Gasteiger partial charge in [-0.2, -0.15) is 0 Å². The van der Waals surface area contributed by atoms with Gasteiger partial charge < -0.3 is 10.0 Å². The van der Waals surface area contributed by atoms with Crippen LogP contribution in [0, 0.1) is 24.7 Å². The quantitative estimate of drug-likeness (QED) is 0.927. The van der Waals surface area contributed by atoms with Gasteiger partial charge in [0.25, 0.3) is 0 Å². The zero-order valence-electron chi connectivity index (χ0n) is 12.9. The Hall–Kier alpha value is -1.84. The summed E-state index contributed by atoms with van der Waals surface area (Å²) in [4.78, 5) is 25.5. The van der Waals surface area contributed by atoms with Crippen molar-refractivity contribution in [1.82, 2.24) is 4.90 Å². The predicted octanol–water partition coefficient (Wildman–Crippen LogP) is 2.70. The van der Waals surface area contributed by atoms with Gasteiger partial charge in [-0.25, -0.2) is 0 Å². The number of aliphatic carboxylic acids is 1. The maximum atomic E-state index is 12.6. The molecule has 0 aliphatic heterocycles. The second kappa shape index (κ2) is 6.29. The van der Waals surface area contributed by atoms with Crippen molar-refractivity contribution in [2.75, 3.05) is 7.05 Å². The SMILES string of the molecule is Cc1cccc(CN(C)C(=O)[C@H]2CC(C)C[C@H]2C(=O)O)c1. The highest BCUT2D eigenvalue weighted by Gasteiger charge is 2.42. The Morgan fingerprint density at radius 1 is 1.29 bits per heavy atom. The van der Waals surface area contributed by atoms with E-state index in [-0.39, 0.29) is 11.8 Å². The van der Waals surface area contributed by atoms with E-state index < -0.39 is 11.9 Å². The van der Waals surface area contributed by atoms with Gasteiger partial charge in [0.15, 0.2) is 0 Å². The average molecular weight is 289 g/mol. The minimum absolute atomic E-state index is 0.0479. The zero-order chi connectivity index (χ0) is 15.6. The fourth-order valence-electron chi connectivity index (χ4n) is 3.28. The van der Waals surface area contributed by atoms with Crippen molar-refractivity contribution in [3.63, 3.8) is 0 Å². The summed E-state index contributed by atoms with van der Waals surface area (Å²) in [5, 5.41) is 9.29. The standard InChI is InChI=1S/C17H23NO3/c1-11-5-4-6-13(7-11)10-18(3)16(19)14-8-12(2)9-15(14)17(20)21/h4-7,12,14-15H,8-10H2,1-3H3,(H,20,21)/t12?,14-,15+/m0/s1. The second-order valence-corrected chi connectivity index (χ2v) is 6.31. The van der Waals surface area contributed by atoms with Gasteiger partial charge in [0.05, 0.1) is 11.8 Å². The number of hydrogen-bond donors (Lipinski definition) is 1. The smallest absolute Gasteiger partial charge is 0.307 e. The molecule has 1 unspecified atom stereocenters. The van der Waals surface area contributed by atoms with Gasteiger partial charge >= 0.3 is 5.97 Å². The Morgan fingerprint density at radius 3 is 2.57 bits per heavy atom. The summed E-state index contributed by atoms with van der Waals surface area (Å²) < 4.78 is 0. The topological polar surface area (TPSA) is 57.6 Å². The van der Waals surface area contributed by atoms with Gasteiger partial charge in [-0.3, -0.25) is 9.59 Å². The van der Waals surface area contributed by atoms with E-state index in [2.05, 4.69) is 6.07 Å². The molecule has 0 spiro atoms. The zero-order valence-corrected chi connectivity index (χ0v) is 12.9. The third kappa shape index (κ3) is 3.63. The molecular weight excluding hydrogens is 266 g/mol. The van der Waals surface area contributed by atoms with Crippen LogP contribution in [0.5, 0.6) is 0 Å². The lowest BCUT2D eigenvalue weighted by atomic mass is 9.94. The van der Waals surface area contributed by atoms with E-state index in [0.29, 0.717) is 25.3 Å². The first-order chi connectivity index (χ1) is 9.88. The van der Waals surface area contributed by atoms with Gasteiger partial charge in [0.2, 0.25) is 5.91 Å². The van der Waals surface area contributed by atoms with Crippen molar-refractivity contribution in [1.29, 1.82) is 0 Å². The normalized spacial score (nSPS) is 24.8. The van der Waals surface area contributed by atoms with Crippen LogP contribution < -0.4 is 0 Å². The van der Waals surface area contributed by atoms with Crippen LogP contribution in [0.15, 0.2) is 24.3 Å². The Kier molecular flexibility index (Phi) is 4.66. The largest absolute Gasteiger partial charge is 0.481 e. The Labute approximate surface area is 125 Å². The minimum atomic E-state index is -0.846. The Balaban J connectivity index is 2.06. The first-order valence-corrected chi connectivity index (χ1v) is 7.41. The maximum absolute atomic E-state index is 12.6. The van der Waals surface area contributed by atoms with Crippen molar-refractivity contribution in [2.24, 2.45) is 17.8 Å². The highest BCUT2D eigenvalue weighted by atomic mass is 16.4. The van der Waals surface area contributed by atoms with Gasteiger partial charge in [-0.05, 0) is 31.2 Å². The number of carbonyl (C=O) groups is 2. The first kappa shape index (κ1) is 15.5. The van der Waals surface area contributed by atoms with Crippen LogP contribution in [0.1, 0.15) is 30.9 Å². The van der Waals surface area contributed by atoms with E-state index in [1.807, 2.05) is 32.0 Å². The van der Waals surface area contributed by atoms with E-state index in [4.69, 9.17) is 0 Å². The van der Waals surface area contributed by atoms with E-state index in [1.165, 1.54) is 0 Å². The molecule has 4 heteroatoms. The van der Waals surface area contributed by atoms with Gasteiger partial charge in [-0.15, -0.1) is 0 Å². The molecule has 1 aromatic carbocycles. The maximum Gasteiger partial charge on any atom is 0.307 e. The molecule has 1 fully saturated rings. The lowest BCUT2D eigenvalue weighted by molar-refractivity contribution is -0.148. The lowest BCUT2D eigenvalue weighted by Gasteiger charge is -2.23. The molecule has 114 valence electrons. The molecule has 1 aromatic rings. The number of nitrogens with zero attached hydrogens (tertiary/aromatic N) is 1. The van der Waals surface area contributed by atoms with Crippen molar-refractivity contribution >= 4 is 11.9 Å². The molecule has 1 aliphatic carbocycles. The van der Waals surface area contributed by atoms with Gasteiger partial charge in [0.1, 0.15) is 0 Å². The van der Waals surface area contributed by atoms with E-state index >= 15 is 0 Å². The van der Waals surface area contributed by atoms with E-state index in [1.54, 1.807) is 11.9 Å². The molecule has 0 aromatic heterocycles. The molecule has 1 amide bonds. The predicted molar refractivity (Wildman–Crippen MR) is 80.7 cm³/mol. The molecule has 2 rings (SSSR count). The highest BCUT2D eigenvalue weighted by molar-refractivity contribution is 5.85.